The first-order chi connectivity index (χ1) is 16.6. The highest BCUT2D eigenvalue weighted by molar-refractivity contribution is 9.10. The second-order valence-corrected chi connectivity index (χ2v) is 10.3. The van der Waals surface area contributed by atoms with Gasteiger partial charge in [-0.25, -0.2) is 9.18 Å². The van der Waals surface area contributed by atoms with E-state index in [-0.39, 0.29) is 41.7 Å². The number of carbonyl (C=O) groups is 2. The van der Waals surface area contributed by atoms with Crippen molar-refractivity contribution in [3.05, 3.63) is 86.7 Å². The van der Waals surface area contributed by atoms with Gasteiger partial charge >= 0.3 is 5.97 Å². The lowest BCUT2D eigenvalue weighted by Gasteiger charge is -2.38. The van der Waals surface area contributed by atoms with Gasteiger partial charge in [-0.15, -0.1) is 0 Å². The zero-order chi connectivity index (χ0) is 25.3. The van der Waals surface area contributed by atoms with E-state index in [1.165, 1.54) is 12.1 Å². The van der Waals surface area contributed by atoms with Crippen LogP contribution in [0.4, 0.5) is 4.39 Å². The zero-order valence-corrected chi connectivity index (χ0v) is 21.4. The largest absolute Gasteiger partial charge is 0.489 e. The van der Waals surface area contributed by atoms with Crippen molar-refractivity contribution in [3.8, 4) is 5.75 Å². The van der Waals surface area contributed by atoms with Crippen LogP contribution in [0.15, 0.2) is 69.7 Å². The summed E-state index contributed by atoms with van der Waals surface area (Å²) in [6.07, 6.45) is 0.796. The van der Waals surface area contributed by atoms with Crippen molar-refractivity contribution in [2.45, 2.75) is 46.1 Å². The van der Waals surface area contributed by atoms with E-state index in [1.54, 1.807) is 37.3 Å². The molecule has 35 heavy (non-hydrogen) atoms. The summed E-state index contributed by atoms with van der Waals surface area (Å²) in [6.45, 7) is 5.90. The van der Waals surface area contributed by atoms with E-state index in [2.05, 4.69) is 15.9 Å². The molecule has 0 radical (unpaired) electrons. The quantitative estimate of drug-likeness (QED) is 0.473. The number of esters is 1. The van der Waals surface area contributed by atoms with Crippen molar-refractivity contribution in [2.75, 3.05) is 6.61 Å². The fraction of sp³-hybridized carbons (Fsp3) is 0.333. The summed E-state index contributed by atoms with van der Waals surface area (Å²) in [6, 6.07) is 11.4. The molecule has 8 heteroatoms. The van der Waals surface area contributed by atoms with E-state index in [1.807, 2.05) is 13.8 Å². The standard InChI is InChI=1S/C27H27BrFNO5/c1-4-33-26(32)24-22(23-19(31)12-27(2,3)13-21(23)35-25(24)30)18-11-16(28)8-9-20(18)34-14-15-6-5-7-17(29)10-15/h5-11,22H,4,12-14,30H2,1-3H3. The molecule has 0 saturated carbocycles. The Balaban J connectivity index is 1.84. The van der Waals surface area contributed by atoms with E-state index >= 15 is 0 Å². The Kier molecular flexibility index (Phi) is 7.03. The Morgan fingerprint density at radius 2 is 2.00 bits per heavy atom. The highest BCUT2D eigenvalue weighted by Crippen LogP contribution is 2.50. The first-order valence-electron chi connectivity index (χ1n) is 11.4. The number of nitrogens with two attached hydrogens (primary N) is 1. The monoisotopic (exact) mass is 543 g/mol. The number of hydrogen-bond acceptors (Lipinski definition) is 6. The molecule has 6 nitrogen and oxygen atoms in total. The average Bonchev–Trinajstić information content (AvgIpc) is 2.76. The molecular formula is C27H27BrFNO5. The molecule has 1 aliphatic carbocycles. The molecule has 2 aromatic carbocycles. The first kappa shape index (κ1) is 25.0. The minimum atomic E-state index is -0.832. The molecule has 2 aliphatic rings. The number of hydrogen-bond donors (Lipinski definition) is 1. The molecule has 1 unspecified atom stereocenters. The number of Topliss-reactive ketones (excluding diaryl/α,β-unsaturated/α-hetero) is 1. The molecule has 0 amide bonds. The molecule has 0 spiro atoms. The highest BCUT2D eigenvalue weighted by atomic mass is 79.9. The second-order valence-electron chi connectivity index (χ2n) is 9.41. The third-order valence-corrected chi connectivity index (χ3v) is 6.51. The van der Waals surface area contributed by atoms with Gasteiger partial charge in [-0.1, -0.05) is 41.9 Å². The van der Waals surface area contributed by atoms with Gasteiger partial charge in [-0.3, -0.25) is 4.79 Å². The number of carbonyl (C=O) groups excluding carboxylic acids is 2. The average molecular weight is 544 g/mol. The maximum atomic E-state index is 13.7. The highest BCUT2D eigenvalue weighted by Gasteiger charge is 2.46. The van der Waals surface area contributed by atoms with Crippen molar-refractivity contribution in [1.29, 1.82) is 0 Å². The van der Waals surface area contributed by atoms with Gasteiger partial charge in [0.2, 0.25) is 5.88 Å². The molecule has 0 bridgehead atoms. The van der Waals surface area contributed by atoms with Gasteiger partial charge in [0.25, 0.3) is 0 Å². The lowest BCUT2D eigenvalue weighted by molar-refractivity contribution is -0.139. The second kappa shape index (κ2) is 9.85. The van der Waals surface area contributed by atoms with E-state index in [0.717, 1.165) is 4.47 Å². The third-order valence-electron chi connectivity index (χ3n) is 6.02. The molecule has 2 N–H and O–H groups in total. The number of allylic oxidation sites excluding steroid dienone is 2. The van der Waals surface area contributed by atoms with Crippen molar-refractivity contribution >= 4 is 27.7 Å². The summed E-state index contributed by atoms with van der Waals surface area (Å²) < 4.78 is 31.6. The Labute approximate surface area is 212 Å². The Morgan fingerprint density at radius 1 is 1.23 bits per heavy atom. The number of ether oxygens (including phenoxy) is 3. The minimum absolute atomic E-state index is 0.0624. The number of rotatable bonds is 6. The fourth-order valence-electron chi connectivity index (χ4n) is 4.57. The predicted octanol–water partition coefficient (Wildman–Crippen LogP) is 5.66. The van der Waals surface area contributed by atoms with Gasteiger partial charge in [0.1, 0.15) is 29.5 Å². The molecular weight excluding hydrogens is 517 g/mol. The summed E-state index contributed by atoms with van der Waals surface area (Å²) in [5, 5.41) is 0. The minimum Gasteiger partial charge on any atom is -0.489 e. The fourth-order valence-corrected chi connectivity index (χ4v) is 4.95. The number of ketones is 1. The van der Waals surface area contributed by atoms with Gasteiger partial charge in [-0.05, 0) is 48.2 Å². The Hall–Kier alpha value is -3.13. The van der Waals surface area contributed by atoms with Crippen LogP contribution in [-0.4, -0.2) is 18.4 Å². The molecule has 0 aromatic heterocycles. The van der Waals surface area contributed by atoms with Crippen molar-refractivity contribution in [3.63, 3.8) is 0 Å². The van der Waals surface area contributed by atoms with Gasteiger partial charge in [0, 0.05) is 28.5 Å². The van der Waals surface area contributed by atoms with Crippen LogP contribution in [0.3, 0.4) is 0 Å². The van der Waals surface area contributed by atoms with Crippen LogP contribution in [0.1, 0.15) is 50.7 Å². The van der Waals surface area contributed by atoms with E-state index in [9.17, 15) is 14.0 Å². The van der Waals surface area contributed by atoms with Crippen LogP contribution in [0, 0.1) is 11.2 Å². The van der Waals surface area contributed by atoms with Crippen LogP contribution in [0.2, 0.25) is 0 Å². The van der Waals surface area contributed by atoms with Gasteiger partial charge < -0.3 is 19.9 Å². The zero-order valence-electron chi connectivity index (χ0n) is 19.8. The molecule has 184 valence electrons. The summed E-state index contributed by atoms with van der Waals surface area (Å²) in [5.41, 5.74) is 7.60. The lowest BCUT2D eigenvalue weighted by atomic mass is 9.70. The van der Waals surface area contributed by atoms with Crippen molar-refractivity contribution < 1.29 is 28.2 Å². The smallest absolute Gasteiger partial charge is 0.340 e. The summed E-state index contributed by atoms with van der Waals surface area (Å²) in [7, 11) is 0. The predicted molar refractivity (Wildman–Crippen MR) is 132 cm³/mol. The first-order valence-corrected chi connectivity index (χ1v) is 12.2. The van der Waals surface area contributed by atoms with Crippen LogP contribution in [0.25, 0.3) is 0 Å². The van der Waals surface area contributed by atoms with Crippen LogP contribution < -0.4 is 10.5 Å². The topological polar surface area (TPSA) is 87.9 Å². The number of halogens is 2. The van der Waals surface area contributed by atoms with Gasteiger partial charge in [0.15, 0.2) is 5.78 Å². The third kappa shape index (κ3) is 5.27. The SMILES string of the molecule is CCOC(=O)C1=C(N)OC2=C(C(=O)CC(C)(C)C2)C1c1cc(Br)ccc1OCc1cccc(F)c1. The maximum absolute atomic E-state index is 13.7. The molecule has 1 atom stereocenters. The van der Waals surface area contributed by atoms with Crippen LogP contribution >= 0.6 is 15.9 Å². The molecule has 2 aromatic rings. The van der Waals surface area contributed by atoms with E-state index in [0.29, 0.717) is 41.1 Å². The van der Waals surface area contributed by atoms with Crippen LogP contribution in [0.5, 0.6) is 5.75 Å². The summed E-state index contributed by atoms with van der Waals surface area (Å²) in [4.78, 5) is 26.5. The molecule has 0 saturated heterocycles. The Bertz CT molecular complexity index is 1250. The van der Waals surface area contributed by atoms with Crippen molar-refractivity contribution in [2.24, 2.45) is 11.1 Å². The maximum Gasteiger partial charge on any atom is 0.340 e. The molecule has 1 heterocycles. The van der Waals surface area contributed by atoms with Gasteiger partial charge in [-0.2, -0.15) is 0 Å². The normalized spacial score (nSPS) is 19.2. The molecule has 0 fully saturated rings. The summed E-state index contributed by atoms with van der Waals surface area (Å²) >= 11 is 3.49. The lowest BCUT2D eigenvalue weighted by Crippen LogP contribution is -2.35. The molecule has 4 rings (SSSR count). The summed E-state index contributed by atoms with van der Waals surface area (Å²) in [5.74, 6) is -1.17. The van der Waals surface area contributed by atoms with Crippen molar-refractivity contribution in [1.82, 2.24) is 0 Å². The van der Waals surface area contributed by atoms with Gasteiger partial charge in [0.05, 0.1) is 12.5 Å². The van der Waals surface area contributed by atoms with Crippen LogP contribution in [-0.2, 0) is 25.7 Å². The Morgan fingerprint density at radius 3 is 2.71 bits per heavy atom. The number of benzene rings is 2. The van der Waals surface area contributed by atoms with E-state index in [4.69, 9.17) is 19.9 Å². The van der Waals surface area contributed by atoms with E-state index < -0.39 is 11.9 Å². The molecule has 1 aliphatic heterocycles.